The first-order valence-corrected chi connectivity index (χ1v) is 8.10. The van der Waals surface area contributed by atoms with E-state index in [1.807, 2.05) is 0 Å². The van der Waals surface area contributed by atoms with Gasteiger partial charge >= 0.3 is 0 Å². The fourth-order valence-corrected chi connectivity index (χ4v) is 2.28. The number of ketones is 3. The van der Waals surface area contributed by atoms with Gasteiger partial charge < -0.3 is 9.47 Å². The Balaban J connectivity index is 2.15. The maximum atomic E-state index is 12.4. The Kier molecular flexibility index (Phi) is 6.74. The van der Waals surface area contributed by atoms with Gasteiger partial charge in [-0.3, -0.25) is 14.4 Å². The molecule has 0 aliphatic rings. The minimum atomic E-state index is -0.970. The molecule has 0 spiro atoms. The summed E-state index contributed by atoms with van der Waals surface area (Å²) in [6.45, 7) is 4.24. The number of hydrogen-bond acceptors (Lipinski definition) is 5. The Bertz CT molecular complexity index is 728. The zero-order valence-electron chi connectivity index (χ0n) is 14.2. The molecule has 2 aromatic carbocycles. The predicted molar refractivity (Wildman–Crippen MR) is 92.9 cm³/mol. The van der Waals surface area contributed by atoms with Crippen LogP contribution in [0.1, 0.15) is 44.9 Å². The van der Waals surface area contributed by atoms with Crippen LogP contribution >= 0.6 is 0 Å². The Morgan fingerprint density at radius 2 is 1.16 bits per heavy atom. The molecule has 0 aromatic heterocycles. The van der Waals surface area contributed by atoms with Crippen molar-refractivity contribution in [3.8, 4) is 0 Å². The van der Waals surface area contributed by atoms with Crippen LogP contribution in [0.5, 0.6) is 0 Å². The van der Waals surface area contributed by atoms with Gasteiger partial charge in [-0.25, -0.2) is 0 Å². The second-order valence-electron chi connectivity index (χ2n) is 5.21. The molecule has 0 unspecified atom stereocenters. The van der Waals surface area contributed by atoms with Gasteiger partial charge in [-0.15, -0.1) is 0 Å². The maximum absolute atomic E-state index is 12.4. The van der Waals surface area contributed by atoms with E-state index in [9.17, 15) is 14.4 Å². The number of benzene rings is 2. The molecule has 0 aliphatic heterocycles. The standard InChI is InChI=1S/C20H20O5/c1-3-24-20(25-4-2)19(23)16-12-10-15(11-13-16)18(22)17(21)14-8-6-5-7-9-14/h5-13,20H,3-4H2,1-2H3. The lowest BCUT2D eigenvalue weighted by Crippen LogP contribution is -2.27. The van der Waals surface area contributed by atoms with Crippen LogP contribution in [-0.4, -0.2) is 36.9 Å². The normalized spacial score (nSPS) is 10.7. The number of carbonyl (C=O) groups is 3. The van der Waals surface area contributed by atoms with Crippen LogP contribution in [0.3, 0.4) is 0 Å². The van der Waals surface area contributed by atoms with Crippen molar-refractivity contribution in [2.75, 3.05) is 13.2 Å². The summed E-state index contributed by atoms with van der Waals surface area (Å²) in [7, 11) is 0. The molecule has 5 nitrogen and oxygen atoms in total. The SMILES string of the molecule is CCOC(OCC)C(=O)c1ccc(C(=O)C(=O)c2ccccc2)cc1. The molecule has 5 heteroatoms. The number of carbonyl (C=O) groups excluding carboxylic acids is 3. The molecule has 130 valence electrons. The summed E-state index contributed by atoms with van der Waals surface area (Å²) < 4.78 is 10.6. The summed E-state index contributed by atoms with van der Waals surface area (Å²) in [6.07, 6.45) is -0.970. The third kappa shape index (κ3) is 4.68. The van der Waals surface area contributed by atoms with Gasteiger partial charge in [0.2, 0.25) is 23.6 Å². The summed E-state index contributed by atoms with van der Waals surface area (Å²) in [6, 6.07) is 14.3. The Morgan fingerprint density at radius 1 is 0.720 bits per heavy atom. The molecular weight excluding hydrogens is 320 g/mol. The smallest absolute Gasteiger partial charge is 0.233 e. The van der Waals surface area contributed by atoms with Crippen LogP contribution in [0, 0.1) is 0 Å². The summed E-state index contributed by atoms with van der Waals surface area (Å²) in [5.74, 6) is -1.52. The van der Waals surface area contributed by atoms with Gasteiger partial charge in [-0.05, 0) is 13.8 Å². The molecule has 25 heavy (non-hydrogen) atoms. The van der Waals surface area contributed by atoms with Crippen LogP contribution < -0.4 is 0 Å². The predicted octanol–water partition coefficient (Wildman–Crippen LogP) is 3.33. The highest BCUT2D eigenvalue weighted by Gasteiger charge is 2.22. The molecule has 0 aliphatic carbocycles. The third-order valence-electron chi connectivity index (χ3n) is 3.52. The van der Waals surface area contributed by atoms with Gasteiger partial charge in [0, 0.05) is 29.9 Å². The van der Waals surface area contributed by atoms with E-state index in [2.05, 4.69) is 0 Å². The molecule has 2 rings (SSSR count). The third-order valence-corrected chi connectivity index (χ3v) is 3.52. The highest BCUT2D eigenvalue weighted by Crippen LogP contribution is 2.13. The van der Waals surface area contributed by atoms with Crippen molar-refractivity contribution in [3.05, 3.63) is 71.3 Å². The van der Waals surface area contributed by atoms with E-state index in [4.69, 9.17) is 9.47 Å². The highest BCUT2D eigenvalue weighted by atomic mass is 16.7. The quantitative estimate of drug-likeness (QED) is 0.398. The molecule has 0 radical (unpaired) electrons. The van der Waals surface area contributed by atoms with Crippen LogP contribution in [0.2, 0.25) is 0 Å². The van der Waals surface area contributed by atoms with Crippen LogP contribution in [0.15, 0.2) is 54.6 Å². The molecule has 0 fully saturated rings. The molecule has 0 amide bonds. The van der Waals surface area contributed by atoms with E-state index in [1.54, 1.807) is 44.2 Å². The lowest BCUT2D eigenvalue weighted by atomic mass is 10.00. The molecule has 0 saturated heterocycles. The average molecular weight is 340 g/mol. The highest BCUT2D eigenvalue weighted by molar-refractivity contribution is 6.49. The van der Waals surface area contributed by atoms with Crippen molar-refractivity contribution in [1.29, 1.82) is 0 Å². The lowest BCUT2D eigenvalue weighted by molar-refractivity contribution is -0.107. The first kappa shape index (κ1) is 18.7. The second-order valence-corrected chi connectivity index (χ2v) is 5.21. The molecule has 0 bridgehead atoms. The first-order chi connectivity index (χ1) is 12.1. The van der Waals surface area contributed by atoms with Crippen molar-refractivity contribution in [2.45, 2.75) is 20.1 Å². The summed E-state index contributed by atoms with van der Waals surface area (Å²) in [5.41, 5.74) is 0.922. The second kappa shape index (κ2) is 9.01. The van der Waals surface area contributed by atoms with Gasteiger partial charge in [0.25, 0.3) is 0 Å². The van der Waals surface area contributed by atoms with Crippen molar-refractivity contribution >= 4 is 17.3 Å². The molecule has 0 N–H and O–H groups in total. The minimum absolute atomic E-state index is 0.231. The van der Waals surface area contributed by atoms with E-state index < -0.39 is 17.9 Å². The summed E-state index contributed by atoms with van der Waals surface area (Å²) in [5, 5.41) is 0. The Labute approximate surface area is 146 Å². The van der Waals surface area contributed by atoms with Gasteiger partial charge in [0.05, 0.1) is 0 Å². The molecule has 0 atom stereocenters. The summed E-state index contributed by atoms with van der Waals surface area (Å²) in [4.78, 5) is 36.8. The first-order valence-electron chi connectivity index (χ1n) is 8.10. The Hall–Kier alpha value is -2.63. The fourth-order valence-electron chi connectivity index (χ4n) is 2.28. The largest absolute Gasteiger partial charge is 0.346 e. The molecule has 0 heterocycles. The van der Waals surface area contributed by atoms with Crippen LogP contribution in [-0.2, 0) is 9.47 Å². The maximum Gasteiger partial charge on any atom is 0.233 e. The molecular formula is C20H20O5. The average Bonchev–Trinajstić information content (AvgIpc) is 2.67. The van der Waals surface area contributed by atoms with Crippen LogP contribution in [0.25, 0.3) is 0 Å². The van der Waals surface area contributed by atoms with Gasteiger partial charge in [-0.1, -0.05) is 54.6 Å². The van der Waals surface area contributed by atoms with Crippen molar-refractivity contribution in [2.24, 2.45) is 0 Å². The minimum Gasteiger partial charge on any atom is -0.346 e. The van der Waals surface area contributed by atoms with Gasteiger partial charge in [0.15, 0.2) is 0 Å². The number of rotatable bonds is 9. The van der Waals surface area contributed by atoms with Crippen molar-refractivity contribution in [3.63, 3.8) is 0 Å². The lowest BCUT2D eigenvalue weighted by Gasteiger charge is -2.15. The number of ether oxygens (including phenoxy) is 2. The molecule has 2 aromatic rings. The van der Waals surface area contributed by atoms with Gasteiger partial charge in [0.1, 0.15) is 0 Å². The molecule has 0 saturated carbocycles. The van der Waals surface area contributed by atoms with Gasteiger partial charge in [-0.2, -0.15) is 0 Å². The fraction of sp³-hybridized carbons (Fsp3) is 0.250. The van der Waals surface area contributed by atoms with Crippen molar-refractivity contribution < 1.29 is 23.9 Å². The zero-order valence-corrected chi connectivity index (χ0v) is 14.2. The van der Waals surface area contributed by atoms with Crippen LogP contribution in [0.4, 0.5) is 0 Å². The topological polar surface area (TPSA) is 69.7 Å². The van der Waals surface area contributed by atoms with Crippen molar-refractivity contribution in [1.82, 2.24) is 0 Å². The van der Waals surface area contributed by atoms with E-state index in [-0.39, 0.29) is 11.3 Å². The monoisotopic (exact) mass is 340 g/mol. The van der Waals surface area contributed by atoms with E-state index in [0.29, 0.717) is 24.3 Å². The van der Waals surface area contributed by atoms with E-state index in [1.165, 1.54) is 24.3 Å². The number of Topliss-reactive ketones (excluding diaryl/α,β-unsaturated/α-hetero) is 3. The van der Waals surface area contributed by atoms with E-state index >= 15 is 0 Å². The summed E-state index contributed by atoms with van der Waals surface area (Å²) >= 11 is 0. The Morgan fingerprint density at radius 3 is 1.64 bits per heavy atom. The number of hydrogen-bond donors (Lipinski definition) is 0. The zero-order chi connectivity index (χ0) is 18.2. The van der Waals surface area contributed by atoms with E-state index in [0.717, 1.165) is 0 Å².